The molecular formula is C20H24N2O2. The maximum atomic E-state index is 12.5. The summed E-state index contributed by atoms with van der Waals surface area (Å²) >= 11 is 0. The maximum absolute atomic E-state index is 12.5. The van der Waals surface area contributed by atoms with Crippen molar-refractivity contribution in [2.24, 2.45) is 0 Å². The van der Waals surface area contributed by atoms with E-state index < -0.39 is 6.04 Å². The quantitative estimate of drug-likeness (QED) is 0.822. The third kappa shape index (κ3) is 4.95. The van der Waals surface area contributed by atoms with Gasteiger partial charge in [-0.25, -0.2) is 0 Å². The van der Waals surface area contributed by atoms with Gasteiger partial charge in [-0.05, 0) is 24.5 Å². The van der Waals surface area contributed by atoms with Gasteiger partial charge in [0.1, 0.15) is 6.04 Å². The van der Waals surface area contributed by atoms with E-state index >= 15 is 0 Å². The first-order valence-electron chi connectivity index (χ1n) is 8.31. The second-order valence-electron chi connectivity index (χ2n) is 5.80. The van der Waals surface area contributed by atoms with Crippen LogP contribution in [0.5, 0.6) is 0 Å². The van der Waals surface area contributed by atoms with Crippen LogP contribution in [-0.2, 0) is 9.59 Å². The van der Waals surface area contributed by atoms with Gasteiger partial charge in [-0.3, -0.25) is 9.59 Å². The molecule has 0 aliphatic rings. The number of carbonyl (C=O) groups excluding carboxylic acids is 2. The summed E-state index contributed by atoms with van der Waals surface area (Å²) in [5, 5.41) is 5.78. The number of benzene rings is 2. The highest BCUT2D eigenvalue weighted by molar-refractivity contribution is 5.87. The molecule has 4 heteroatoms. The van der Waals surface area contributed by atoms with E-state index in [-0.39, 0.29) is 17.9 Å². The molecule has 2 amide bonds. The van der Waals surface area contributed by atoms with E-state index in [2.05, 4.69) is 10.6 Å². The first-order valence-corrected chi connectivity index (χ1v) is 8.31. The van der Waals surface area contributed by atoms with Crippen LogP contribution in [0.15, 0.2) is 60.7 Å². The number of hydrogen-bond acceptors (Lipinski definition) is 2. The van der Waals surface area contributed by atoms with Crippen LogP contribution in [0.3, 0.4) is 0 Å². The highest BCUT2D eigenvalue weighted by atomic mass is 16.2. The van der Waals surface area contributed by atoms with Gasteiger partial charge in [-0.2, -0.15) is 0 Å². The molecule has 4 nitrogen and oxygen atoms in total. The van der Waals surface area contributed by atoms with Crippen molar-refractivity contribution in [3.63, 3.8) is 0 Å². The van der Waals surface area contributed by atoms with E-state index in [9.17, 15) is 9.59 Å². The monoisotopic (exact) mass is 324 g/mol. The molecule has 0 saturated heterocycles. The fraction of sp³-hybridized carbons (Fsp3) is 0.300. The Morgan fingerprint density at radius 1 is 0.875 bits per heavy atom. The van der Waals surface area contributed by atoms with Crippen LogP contribution in [0.4, 0.5) is 0 Å². The van der Waals surface area contributed by atoms with Crippen molar-refractivity contribution in [1.29, 1.82) is 0 Å². The molecule has 0 radical (unpaired) electrons. The predicted molar refractivity (Wildman–Crippen MR) is 95.4 cm³/mol. The van der Waals surface area contributed by atoms with Gasteiger partial charge in [0.15, 0.2) is 0 Å². The van der Waals surface area contributed by atoms with E-state index in [0.717, 1.165) is 17.5 Å². The zero-order valence-corrected chi connectivity index (χ0v) is 14.2. The fourth-order valence-corrected chi connectivity index (χ4v) is 2.52. The molecule has 1 unspecified atom stereocenters. The molecule has 2 aromatic carbocycles. The third-order valence-corrected chi connectivity index (χ3v) is 3.80. The lowest BCUT2D eigenvalue weighted by atomic mass is 9.98. The van der Waals surface area contributed by atoms with Crippen molar-refractivity contribution in [3.05, 3.63) is 71.8 Å². The van der Waals surface area contributed by atoms with Gasteiger partial charge in [-0.15, -0.1) is 0 Å². The smallest absolute Gasteiger partial charge is 0.243 e. The summed E-state index contributed by atoms with van der Waals surface area (Å²) in [7, 11) is 0. The van der Waals surface area contributed by atoms with Crippen LogP contribution in [0.25, 0.3) is 0 Å². The average Bonchev–Trinajstić information content (AvgIpc) is 2.61. The molecule has 24 heavy (non-hydrogen) atoms. The van der Waals surface area contributed by atoms with Crippen LogP contribution in [0.1, 0.15) is 43.9 Å². The number of carbonyl (C=O) groups is 2. The Balaban J connectivity index is 2.14. The largest absolute Gasteiger partial charge is 0.345 e. The molecule has 2 aromatic rings. The van der Waals surface area contributed by atoms with Gasteiger partial charge >= 0.3 is 0 Å². The summed E-state index contributed by atoms with van der Waals surface area (Å²) in [6.45, 7) is 3.64. The van der Waals surface area contributed by atoms with E-state index in [0.29, 0.717) is 6.42 Å². The van der Waals surface area contributed by atoms with Gasteiger partial charge in [-0.1, -0.05) is 67.6 Å². The van der Waals surface area contributed by atoms with Gasteiger partial charge in [0.25, 0.3) is 0 Å². The topological polar surface area (TPSA) is 58.2 Å². The van der Waals surface area contributed by atoms with Gasteiger partial charge in [0, 0.05) is 6.42 Å². The minimum absolute atomic E-state index is 0.101. The van der Waals surface area contributed by atoms with E-state index in [4.69, 9.17) is 0 Å². The average molecular weight is 324 g/mol. The van der Waals surface area contributed by atoms with Crippen molar-refractivity contribution in [3.8, 4) is 0 Å². The Morgan fingerprint density at radius 2 is 1.38 bits per heavy atom. The normalized spacial score (nSPS) is 11.8. The van der Waals surface area contributed by atoms with Crippen LogP contribution >= 0.6 is 0 Å². The van der Waals surface area contributed by atoms with E-state index in [1.807, 2.05) is 67.6 Å². The molecule has 1 atom stereocenters. The number of amides is 2. The molecule has 126 valence electrons. The highest BCUT2D eigenvalue weighted by Crippen LogP contribution is 2.21. The van der Waals surface area contributed by atoms with Crippen LogP contribution < -0.4 is 10.6 Å². The Kier molecular flexibility index (Phi) is 6.55. The minimum Gasteiger partial charge on any atom is -0.345 e. The third-order valence-electron chi connectivity index (χ3n) is 3.80. The van der Waals surface area contributed by atoms with Gasteiger partial charge < -0.3 is 10.6 Å². The van der Waals surface area contributed by atoms with Crippen molar-refractivity contribution >= 4 is 11.8 Å². The lowest BCUT2D eigenvalue weighted by Gasteiger charge is -2.22. The summed E-state index contributed by atoms with van der Waals surface area (Å²) in [4.78, 5) is 24.2. The molecule has 0 saturated carbocycles. The molecule has 0 spiro atoms. The zero-order valence-electron chi connectivity index (χ0n) is 14.2. The Bertz CT molecular complexity index is 616. The molecule has 0 aliphatic heterocycles. The highest BCUT2D eigenvalue weighted by Gasteiger charge is 2.21. The summed E-state index contributed by atoms with van der Waals surface area (Å²) in [5.41, 5.74) is 2.01. The summed E-state index contributed by atoms with van der Waals surface area (Å²) < 4.78 is 0. The molecule has 2 N–H and O–H groups in total. The van der Waals surface area contributed by atoms with Gasteiger partial charge in [0.2, 0.25) is 11.8 Å². The Morgan fingerprint density at radius 3 is 1.83 bits per heavy atom. The Labute approximate surface area is 143 Å². The minimum atomic E-state index is -0.570. The van der Waals surface area contributed by atoms with Crippen molar-refractivity contribution in [2.45, 2.75) is 38.8 Å². The number of rotatable bonds is 7. The molecule has 0 aromatic heterocycles. The SMILES string of the molecule is CCCC(=O)NC(C)C(=O)NC(c1ccccc1)c1ccccc1. The lowest BCUT2D eigenvalue weighted by molar-refractivity contribution is -0.128. The second kappa shape index (κ2) is 8.87. The van der Waals surface area contributed by atoms with E-state index in [1.165, 1.54) is 0 Å². The van der Waals surface area contributed by atoms with Crippen LogP contribution in [0.2, 0.25) is 0 Å². The zero-order chi connectivity index (χ0) is 17.4. The lowest BCUT2D eigenvalue weighted by Crippen LogP contribution is -2.46. The summed E-state index contributed by atoms with van der Waals surface area (Å²) in [5.74, 6) is -0.298. The van der Waals surface area contributed by atoms with Crippen LogP contribution in [-0.4, -0.2) is 17.9 Å². The Hall–Kier alpha value is -2.62. The second-order valence-corrected chi connectivity index (χ2v) is 5.80. The standard InChI is InChI=1S/C20H24N2O2/c1-3-10-18(23)21-15(2)20(24)22-19(16-11-6-4-7-12-16)17-13-8-5-9-14-17/h4-9,11-15,19H,3,10H2,1-2H3,(H,21,23)(H,22,24). The van der Waals surface area contributed by atoms with Gasteiger partial charge in [0.05, 0.1) is 6.04 Å². The first kappa shape index (κ1) is 17.7. The molecule has 0 bridgehead atoms. The summed E-state index contributed by atoms with van der Waals surface area (Å²) in [6.07, 6.45) is 1.19. The first-order chi connectivity index (χ1) is 11.6. The maximum Gasteiger partial charge on any atom is 0.243 e. The van der Waals surface area contributed by atoms with E-state index in [1.54, 1.807) is 6.92 Å². The molecule has 2 rings (SSSR count). The summed E-state index contributed by atoms with van der Waals surface area (Å²) in [6, 6.07) is 18.8. The molecule has 0 fully saturated rings. The molecule has 0 aliphatic carbocycles. The number of hydrogen-bond donors (Lipinski definition) is 2. The van der Waals surface area contributed by atoms with Crippen molar-refractivity contribution < 1.29 is 9.59 Å². The number of nitrogens with one attached hydrogen (secondary N) is 2. The van der Waals surface area contributed by atoms with Crippen molar-refractivity contribution in [2.75, 3.05) is 0 Å². The predicted octanol–water partition coefficient (Wildman–Crippen LogP) is 3.20. The van der Waals surface area contributed by atoms with Crippen LogP contribution in [0, 0.1) is 0 Å². The van der Waals surface area contributed by atoms with Crippen molar-refractivity contribution in [1.82, 2.24) is 10.6 Å². The fourth-order valence-electron chi connectivity index (χ4n) is 2.52. The molecule has 0 heterocycles. The molecular weight excluding hydrogens is 300 g/mol.